The van der Waals surface area contributed by atoms with E-state index in [4.69, 9.17) is 4.74 Å². The summed E-state index contributed by atoms with van der Waals surface area (Å²) in [6.07, 6.45) is 3.49. The van der Waals surface area contributed by atoms with Crippen molar-refractivity contribution >= 4 is 23.1 Å². The van der Waals surface area contributed by atoms with Crippen molar-refractivity contribution in [3.63, 3.8) is 0 Å². The van der Waals surface area contributed by atoms with Gasteiger partial charge in [0.25, 0.3) is 0 Å². The van der Waals surface area contributed by atoms with E-state index >= 15 is 0 Å². The molecule has 0 radical (unpaired) electrons. The summed E-state index contributed by atoms with van der Waals surface area (Å²) >= 11 is 1.61. The lowest BCUT2D eigenvalue weighted by molar-refractivity contribution is -0.138. The fourth-order valence-corrected chi connectivity index (χ4v) is 3.19. The van der Waals surface area contributed by atoms with E-state index in [9.17, 15) is 4.79 Å². The third kappa shape index (κ3) is 3.26. The largest absolute Gasteiger partial charge is 0.372 e. The van der Waals surface area contributed by atoms with Crippen molar-refractivity contribution in [1.82, 2.24) is 14.9 Å². The summed E-state index contributed by atoms with van der Waals surface area (Å²) in [6, 6.07) is 3.95. The first-order valence-electron chi connectivity index (χ1n) is 7.18. The van der Waals surface area contributed by atoms with Crippen LogP contribution in [-0.2, 0) is 16.0 Å². The molecule has 0 aromatic carbocycles. The van der Waals surface area contributed by atoms with Crippen LogP contribution in [0.2, 0.25) is 0 Å². The number of nitrogens with one attached hydrogen (secondary N) is 1. The van der Waals surface area contributed by atoms with Gasteiger partial charge in [0.15, 0.2) is 0 Å². The predicted molar refractivity (Wildman–Crippen MR) is 84.9 cm³/mol. The fraction of sp³-hybridized carbons (Fsp3) is 0.400. The molecule has 1 N–H and O–H groups in total. The maximum atomic E-state index is 12.4. The van der Waals surface area contributed by atoms with Gasteiger partial charge in [0.2, 0.25) is 5.91 Å². The molecule has 1 aliphatic rings. The molecule has 1 amide bonds. The van der Waals surface area contributed by atoms with Gasteiger partial charge in [0.05, 0.1) is 19.6 Å². The van der Waals surface area contributed by atoms with Crippen molar-refractivity contribution < 1.29 is 9.53 Å². The Labute approximate surface area is 133 Å². The molecule has 1 fully saturated rings. The first-order chi connectivity index (χ1) is 10.8. The average Bonchev–Trinajstić information content (AvgIpc) is 3.08. The van der Waals surface area contributed by atoms with E-state index in [1.807, 2.05) is 22.4 Å². The average molecular weight is 318 g/mol. The lowest BCUT2D eigenvalue weighted by atomic mass is 10.2. The lowest BCUT2D eigenvalue weighted by Crippen LogP contribution is -2.43. The van der Waals surface area contributed by atoms with Crippen LogP contribution in [0.3, 0.4) is 0 Å². The SMILES string of the molecule is CNc1nccnc1[C@H]1CN(C(=O)Cc2cccs2)CCO1. The molecular weight excluding hydrogens is 300 g/mol. The van der Waals surface area contributed by atoms with Gasteiger partial charge in [-0.05, 0) is 11.4 Å². The Bertz CT molecular complexity index is 632. The highest BCUT2D eigenvalue weighted by Gasteiger charge is 2.28. The molecule has 0 spiro atoms. The second-order valence-corrected chi connectivity index (χ2v) is 6.03. The minimum absolute atomic E-state index is 0.130. The lowest BCUT2D eigenvalue weighted by Gasteiger charge is -2.33. The minimum atomic E-state index is -0.239. The van der Waals surface area contributed by atoms with Gasteiger partial charge in [-0.1, -0.05) is 6.07 Å². The van der Waals surface area contributed by atoms with E-state index in [1.165, 1.54) is 0 Å². The van der Waals surface area contributed by atoms with Crippen LogP contribution < -0.4 is 5.32 Å². The van der Waals surface area contributed by atoms with Crippen LogP contribution in [0.4, 0.5) is 5.82 Å². The van der Waals surface area contributed by atoms with Crippen molar-refractivity contribution in [2.45, 2.75) is 12.5 Å². The van der Waals surface area contributed by atoms with Gasteiger partial charge in [-0.2, -0.15) is 0 Å². The van der Waals surface area contributed by atoms with E-state index < -0.39 is 0 Å². The van der Waals surface area contributed by atoms with Gasteiger partial charge in [0.1, 0.15) is 17.6 Å². The molecule has 3 heterocycles. The van der Waals surface area contributed by atoms with E-state index in [1.54, 1.807) is 30.8 Å². The number of hydrogen-bond acceptors (Lipinski definition) is 6. The second-order valence-electron chi connectivity index (χ2n) is 5.00. The quantitative estimate of drug-likeness (QED) is 0.930. The highest BCUT2D eigenvalue weighted by molar-refractivity contribution is 7.10. The molecule has 1 atom stereocenters. The maximum absolute atomic E-state index is 12.4. The normalized spacial score (nSPS) is 18.2. The monoisotopic (exact) mass is 318 g/mol. The topological polar surface area (TPSA) is 67.4 Å². The number of anilines is 1. The predicted octanol–water partition coefficient (Wildman–Crippen LogP) is 1.72. The Kier molecular flexibility index (Phi) is 4.65. The summed E-state index contributed by atoms with van der Waals surface area (Å²) in [4.78, 5) is 24.0. The maximum Gasteiger partial charge on any atom is 0.228 e. The number of carbonyl (C=O) groups excluding carboxylic acids is 1. The highest BCUT2D eigenvalue weighted by atomic mass is 32.1. The Morgan fingerprint density at radius 2 is 2.36 bits per heavy atom. The number of hydrogen-bond donors (Lipinski definition) is 1. The zero-order chi connectivity index (χ0) is 15.4. The molecule has 0 aliphatic carbocycles. The van der Waals surface area contributed by atoms with Gasteiger partial charge in [-0.25, -0.2) is 4.98 Å². The number of ether oxygens (including phenoxy) is 1. The second kappa shape index (κ2) is 6.85. The van der Waals surface area contributed by atoms with Crippen LogP contribution in [-0.4, -0.2) is 47.5 Å². The number of aromatic nitrogens is 2. The van der Waals surface area contributed by atoms with Crippen molar-refractivity contribution in [2.24, 2.45) is 0 Å². The Morgan fingerprint density at radius 3 is 3.14 bits per heavy atom. The van der Waals surface area contributed by atoms with E-state index in [-0.39, 0.29) is 12.0 Å². The van der Waals surface area contributed by atoms with E-state index in [0.29, 0.717) is 31.9 Å². The summed E-state index contributed by atoms with van der Waals surface area (Å²) in [5, 5.41) is 5.01. The molecule has 0 unspecified atom stereocenters. The number of rotatable bonds is 4. The molecule has 1 aliphatic heterocycles. The van der Waals surface area contributed by atoms with Gasteiger partial charge >= 0.3 is 0 Å². The Balaban J connectivity index is 1.70. The van der Waals surface area contributed by atoms with Gasteiger partial charge in [-0.3, -0.25) is 9.78 Å². The smallest absolute Gasteiger partial charge is 0.228 e. The molecule has 2 aromatic rings. The number of thiophene rings is 1. The number of carbonyl (C=O) groups is 1. The standard InChI is InChI=1S/C15H18N4O2S/c1-16-15-14(17-4-5-18-15)12-10-19(6-7-21-12)13(20)9-11-3-2-8-22-11/h2-5,8,12H,6-7,9-10H2,1H3,(H,16,18)/t12-/m1/s1. The molecule has 6 nitrogen and oxygen atoms in total. The number of amides is 1. The fourth-order valence-electron chi connectivity index (χ4n) is 2.49. The highest BCUT2D eigenvalue weighted by Crippen LogP contribution is 2.25. The summed E-state index contributed by atoms with van der Waals surface area (Å²) < 4.78 is 5.79. The van der Waals surface area contributed by atoms with E-state index in [0.717, 1.165) is 10.6 Å². The first kappa shape index (κ1) is 14.9. The zero-order valence-electron chi connectivity index (χ0n) is 12.4. The third-order valence-corrected chi connectivity index (χ3v) is 4.47. The van der Waals surface area contributed by atoms with Gasteiger partial charge < -0.3 is 15.0 Å². The van der Waals surface area contributed by atoms with Crippen molar-refractivity contribution in [3.05, 3.63) is 40.5 Å². The molecule has 0 saturated carbocycles. The molecule has 3 rings (SSSR count). The zero-order valence-corrected chi connectivity index (χ0v) is 13.2. The van der Waals surface area contributed by atoms with Gasteiger partial charge in [-0.15, -0.1) is 11.3 Å². The molecule has 2 aromatic heterocycles. The molecule has 116 valence electrons. The Morgan fingerprint density at radius 1 is 1.50 bits per heavy atom. The van der Waals surface area contributed by atoms with Crippen LogP contribution >= 0.6 is 11.3 Å². The number of morpholine rings is 1. The van der Waals surface area contributed by atoms with Crippen LogP contribution in [0.15, 0.2) is 29.9 Å². The summed E-state index contributed by atoms with van der Waals surface area (Å²) in [5.41, 5.74) is 0.749. The molecule has 1 saturated heterocycles. The van der Waals surface area contributed by atoms with Crippen LogP contribution in [0.25, 0.3) is 0 Å². The Hall–Kier alpha value is -1.99. The summed E-state index contributed by atoms with van der Waals surface area (Å²) in [7, 11) is 1.80. The molecular formula is C15H18N4O2S. The van der Waals surface area contributed by atoms with Crippen LogP contribution in [0.5, 0.6) is 0 Å². The van der Waals surface area contributed by atoms with Crippen molar-refractivity contribution in [1.29, 1.82) is 0 Å². The third-order valence-electron chi connectivity index (χ3n) is 3.59. The van der Waals surface area contributed by atoms with Gasteiger partial charge in [0, 0.05) is 30.9 Å². The van der Waals surface area contributed by atoms with Crippen LogP contribution in [0.1, 0.15) is 16.7 Å². The molecule has 0 bridgehead atoms. The van der Waals surface area contributed by atoms with E-state index in [2.05, 4.69) is 15.3 Å². The van der Waals surface area contributed by atoms with Crippen molar-refractivity contribution in [2.75, 3.05) is 32.1 Å². The molecule has 7 heteroatoms. The van der Waals surface area contributed by atoms with Crippen LogP contribution in [0, 0.1) is 0 Å². The molecule has 22 heavy (non-hydrogen) atoms. The van der Waals surface area contributed by atoms with Crippen molar-refractivity contribution in [3.8, 4) is 0 Å². The summed E-state index contributed by atoms with van der Waals surface area (Å²) in [6.45, 7) is 1.65. The minimum Gasteiger partial charge on any atom is -0.372 e. The summed E-state index contributed by atoms with van der Waals surface area (Å²) in [5.74, 6) is 0.825. The first-order valence-corrected chi connectivity index (χ1v) is 8.06. The number of nitrogens with zero attached hydrogens (tertiary/aromatic N) is 3.